The van der Waals surface area contributed by atoms with Crippen LogP contribution < -0.4 is 73.1 Å². The molecule has 24 nitrogen and oxygen atoms in total. The average molecular weight is 1380 g/mol. The van der Waals surface area contributed by atoms with Gasteiger partial charge in [0.2, 0.25) is 41.4 Å². The molecule has 87 heavy (non-hydrogen) atoms. The summed E-state index contributed by atoms with van der Waals surface area (Å²) in [7, 11) is -3.73. The Morgan fingerprint density at radius 3 is 1.28 bits per heavy atom. The number of aliphatic carboxylic acids is 2. The van der Waals surface area contributed by atoms with Crippen LogP contribution in [-0.4, -0.2) is 186 Å². The molecule has 9 fully saturated rings. The van der Waals surface area contributed by atoms with E-state index in [1.165, 1.54) is 12.1 Å². The molecule has 0 aromatic heterocycles. The summed E-state index contributed by atoms with van der Waals surface area (Å²) in [5.41, 5.74) is 0.983. The predicted molar refractivity (Wildman–Crippen MR) is 328 cm³/mol. The van der Waals surface area contributed by atoms with Crippen molar-refractivity contribution in [1.82, 2.24) is 47.0 Å². The van der Waals surface area contributed by atoms with Crippen molar-refractivity contribution in [3.8, 4) is 0 Å². The number of aryl methyl sites for hydroxylation is 1. The Labute approximate surface area is 548 Å². The van der Waals surface area contributed by atoms with Crippen LogP contribution in [0.5, 0.6) is 0 Å². The number of likely N-dealkylation sites (tertiary alicyclic amines) is 2. The summed E-state index contributed by atoms with van der Waals surface area (Å²) >= 11 is 3.29. The maximum atomic E-state index is 11.8. The van der Waals surface area contributed by atoms with E-state index < -0.39 is 22.1 Å². The van der Waals surface area contributed by atoms with Gasteiger partial charge in [0.05, 0.1) is 30.2 Å². The third kappa shape index (κ3) is 35.7. The Kier molecular flexibility index (Phi) is 45.7. The zero-order valence-electron chi connectivity index (χ0n) is 51.9. The Balaban J connectivity index is 0. The Morgan fingerprint density at radius 2 is 0.966 bits per heavy atom. The minimum Gasteiger partial charge on any atom is -1.00 e. The number of aliphatic hydroxyl groups excluding tert-OH is 1. The molecule has 9 aliphatic heterocycles. The van der Waals surface area contributed by atoms with Crippen LogP contribution in [0, 0.1) is 6.92 Å². The molecule has 7 amide bonds. The molecular weight excluding hydrogens is 1270 g/mol. The van der Waals surface area contributed by atoms with Gasteiger partial charge < -0.3 is 79.3 Å². The number of amides is 7. The number of halogens is 2. The van der Waals surface area contributed by atoms with Gasteiger partial charge in [0.25, 0.3) is 22.1 Å². The normalized spacial score (nSPS) is 24.4. The summed E-state index contributed by atoms with van der Waals surface area (Å²) in [5.74, 6) is -0.290. The smallest absolute Gasteiger partial charge is 1.00 e. The van der Waals surface area contributed by atoms with Crippen molar-refractivity contribution >= 4 is 79.3 Å². The maximum Gasteiger partial charge on any atom is 1.00 e. The van der Waals surface area contributed by atoms with Crippen molar-refractivity contribution in [2.24, 2.45) is 0 Å². The predicted octanol–water partition coefficient (Wildman–Crippen LogP) is -1.43. The third-order valence-corrected chi connectivity index (χ3v) is 17.0. The molecule has 9 aliphatic rings. The van der Waals surface area contributed by atoms with Gasteiger partial charge in [0.1, 0.15) is 0 Å². The van der Waals surface area contributed by atoms with E-state index in [9.17, 15) is 42.0 Å². The third-order valence-electron chi connectivity index (χ3n) is 15.0. The Bertz CT molecular complexity index is 2260. The molecule has 1 aromatic rings. The van der Waals surface area contributed by atoms with Crippen molar-refractivity contribution in [3.05, 3.63) is 29.8 Å². The zero-order chi connectivity index (χ0) is 62.8. The number of nitrogens with zero attached hydrogens (tertiary/aromatic N) is 2. The summed E-state index contributed by atoms with van der Waals surface area (Å²) in [4.78, 5) is 98.5. The minimum atomic E-state index is -3.73. The van der Waals surface area contributed by atoms with Crippen molar-refractivity contribution < 1.29 is 107 Å². The van der Waals surface area contributed by atoms with Gasteiger partial charge in [-0.1, -0.05) is 54.9 Å². The van der Waals surface area contributed by atoms with Crippen LogP contribution >= 0.6 is 15.9 Å². The topological polar surface area (TPSA) is 348 Å². The fourth-order valence-electron chi connectivity index (χ4n) is 10.3. The minimum absolute atomic E-state index is 0. The average Bonchev–Trinajstić information content (AvgIpc) is 2.56. The molecule has 10 rings (SSSR count). The number of hydrogen-bond donors (Lipinski definition) is 10. The number of benzene rings is 1. The second kappa shape index (κ2) is 46.8. The van der Waals surface area contributed by atoms with Crippen molar-refractivity contribution in [1.29, 1.82) is 0 Å². The number of carbonyl (C=O) groups is 9. The molecular formula is C59H102Br2LiN9O15S. The molecule has 7 atom stereocenters. The molecule has 0 saturated carbocycles. The summed E-state index contributed by atoms with van der Waals surface area (Å²) < 4.78 is 28.6. The van der Waals surface area contributed by atoms with E-state index in [4.69, 9.17) is 29.1 Å². The fourth-order valence-corrected chi connectivity index (χ4v) is 11.8. The number of carboxylic acid groups (broad SMARTS) is 2. The molecule has 0 unspecified atom stereocenters. The van der Waals surface area contributed by atoms with Crippen LogP contribution in [0.4, 0.5) is 0 Å². The number of piperidine rings is 2. The Hall–Kier alpha value is -4.20. The van der Waals surface area contributed by atoms with Crippen LogP contribution in [0.3, 0.4) is 0 Å². The molecule has 0 bridgehead atoms. The summed E-state index contributed by atoms with van der Waals surface area (Å²) in [6, 6.07) is 9.62. The van der Waals surface area contributed by atoms with E-state index in [0.29, 0.717) is 79.8 Å². The first-order valence-electron chi connectivity index (χ1n) is 29.8. The molecule has 10 N–H and O–H groups in total. The molecule has 494 valence electrons. The monoisotopic (exact) mass is 1370 g/mol. The number of carbonyl (C=O) groups excluding carboxylic acids is 7. The molecule has 1 aromatic carbocycles. The number of nitrogens with one attached hydrogen (secondary N) is 7. The quantitative estimate of drug-likeness (QED) is 0.0730. The first-order valence-corrected chi connectivity index (χ1v) is 32.4. The van der Waals surface area contributed by atoms with Gasteiger partial charge in [-0.05, 0) is 143 Å². The summed E-state index contributed by atoms with van der Waals surface area (Å²) in [6.07, 6.45) is 18.0. The van der Waals surface area contributed by atoms with Gasteiger partial charge in [-0.3, -0.25) is 47.3 Å². The molecule has 28 heteroatoms. The van der Waals surface area contributed by atoms with E-state index in [1.807, 2.05) is 13.8 Å². The fraction of sp³-hybridized carbons (Fsp3) is 0.746. The maximum absolute atomic E-state index is 11.8. The van der Waals surface area contributed by atoms with Crippen LogP contribution in [0.15, 0.2) is 29.2 Å². The first kappa shape index (κ1) is 84.9. The number of aliphatic hydroxyl groups is 1. The van der Waals surface area contributed by atoms with Crippen molar-refractivity contribution in [3.63, 3.8) is 0 Å². The molecule has 9 heterocycles. The van der Waals surface area contributed by atoms with Gasteiger partial charge in [-0.25, -0.2) is 0 Å². The number of rotatable bonds is 10. The summed E-state index contributed by atoms with van der Waals surface area (Å²) in [5, 5.41) is 44.6. The van der Waals surface area contributed by atoms with E-state index in [0.717, 1.165) is 154 Å². The van der Waals surface area contributed by atoms with Crippen LogP contribution in [-0.2, 0) is 57.5 Å². The van der Waals surface area contributed by atoms with E-state index in [1.54, 1.807) is 12.1 Å². The SMILES string of the molecule is C.CC(=O)O.CC(=O)O.CC[C@@H]1CCC(=O)N1.CC[C@@H]1CCC(=O)N1C1CCNCC1.C[C@@H]1CCC(=O)N1.C[C@@H]1CCC(=O)N1C1CCNCC1.Cc1ccc(S(=O)(=O)OC[C@@H]2CCC(=O)N2)cc1.O=C1CC[C@@H](CBr)N1.O=C1CC[C@@H](CO)N1.[Br-].[Li+]. The second-order valence-electron chi connectivity index (χ2n) is 22.1. The summed E-state index contributed by atoms with van der Waals surface area (Å²) in [6.45, 7) is 16.9. The molecule has 9 saturated heterocycles. The first-order chi connectivity index (χ1) is 39.8. The second-order valence-corrected chi connectivity index (χ2v) is 24.4. The Morgan fingerprint density at radius 1 is 0.575 bits per heavy atom. The number of hydrogen-bond acceptors (Lipinski definition) is 15. The van der Waals surface area contributed by atoms with Gasteiger partial charge in [0, 0.05) is 106 Å². The molecule has 0 aliphatic carbocycles. The van der Waals surface area contributed by atoms with Crippen LogP contribution in [0.1, 0.15) is 183 Å². The largest absolute Gasteiger partial charge is 1.00 e. The van der Waals surface area contributed by atoms with E-state index in [-0.39, 0.29) is 103 Å². The number of carboxylic acids is 2. The number of alkyl halides is 1. The van der Waals surface area contributed by atoms with Gasteiger partial charge >= 0.3 is 18.9 Å². The van der Waals surface area contributed by atoms with E-state index >= 15 is 0 Å². The van der Waals surface area contributed by atoms with Gasteiger partial charge in [-0.2, -0.15) is 8.42 Å². The standard InChI is InChI=1S/C12H15NO4S.C11H20N2O.C10H18N2O.C6H11NO.C5H8BrNO.C5H9NO2.C5H9NO.2C2H4O2.CH4.BrH.Li/c1-9-2-5-11(6-3-9)18(15,16)17-8-10-4-7-12(14)13-10;1-2-9-3-4-11(14)13(9)10-5-7-12-8-6-10;1-8-2-3-10(13)12(8)9-4-6-11-7-5-9;1-2-5-3-4-6(8)7-5;6-3-4-1-2-5(8)7-4;7-3-4-1-2-5(8)6-4;1-4-2-3-5(7)6-4;2*1-2(3)4;;;/h2-3,5-6,10H,4,7-8H2,1H3,(H,13,14);9-10,12H,2-8H2,1H3;8-9,11H,2-7H2,1H3;5H,2-4H2,1H3,(H,7,8);4H,1-3H2,(H,7,8);4,7H,1-3H2,(H,6,8);4H,2-3H2,1H3,(H,6,7);2*1H3,(H,3,4);1H4;1H;/q;;;;;;;;;;;+1/p-1/t10-;9-;8-;5-;3*4-;;;;;/m0111001...../s1. The van der Waals surface area contributed by atoms with Crippen molar-refractivity contribution in [2.45, 2.75) is 244 Å². The van der Waals surface area contributed by atoms with Crippen LogP contribution in [0.2, 0.25) is 0 Å². The van der Waals surface area contributed by atoms with E-state index in [2.05, 4.69) is 83.7 Å². The van der Waals surface area contributed by atoms with Crippen molar-refractivity contribution in [2.75, 3.05) is 44.7 Å². The van der Waals surface area contributed by atoms with Gasteiger partial charge in [0.15, 0.2) is 0 Å². The molecule has 0 spiro atoms. The van der Waals surface area contributed by atoms with Gasteiger partial charge in [-0.15, -0.1) is 0 Å². The zero-order valence-corrected chi connectivity index (χ0v) is 55.9. The van der Waals surface area contributed by atoms with Crippen LogP contribution in [0.25, 0.3) is 0 Å². The molecule has 0 radical (unpaired) electrons.